The fourth-order valence-corrected chi connectivity index (χ4v) is 8.62. The van der Waals surface area contributed by atoms with Gasteiger partial charge in [-0.2, -0.15) is 5.10 Å². The summed E-state index contributed by atoms with van der Waals surface area (Å²) in [6.07, 6.45) is 1.28. The summed E-state index contributed by atoms with van der Waals surface area (Å²) in [6, 6.07) is 17.9. The Morgan fingerprint density at radius 2 is 1.62 bits per heavy atom. The van der Waals surface area contributed by atoms with Crippen molar-refractivity contribution in [3.63, 3.8) is 0 Å². The summed E-state index contributed by atoms with van der Waals surface area (Å²) in [6.45, 7) is 10.6. The number of aryl methyl sites for hydroxylation is 7. The minimum atomic E-state index is -0.743. The summed E-state index contributed by atoms with van der Waals surface area (Å²) < 4.78 is 14.0. The molecule has 1 aliphatic rings. The molecule has 0 spiro atoms. The van der Waals surface area contributed by atoms with E-state index in [0.717, 1.165) is 71.8 Å². The van der Waals surface area contributed by atoms with Crippen LogP contribution in [0.1, 0.15) is 58.0 Å². The van der Waals surface area contributed by atoms with Crippen molar-refractivity contribution < 1.29 is 9.53 Å². The van der Waals surface area contributed by atoms with Crippen LogP contribution in [0.3, 0.4) is 0 Å². The minimum Gasteiger partial charge on any atom is -0.494 e. The maximum atomic E-state index is 15.5. The molecule has 272 valence electrons. The molecule has 0 fully saturated rings. The third-order valence-corrected chi connectivity index (χ3v) is 11.9. The maximum Gasteiger partial charge on any atom is 0.276 e. The van der Waals surface area contributed by atoms with Gasteiger partial charge in [0.15, 0.2) is 0 Å². The lowest BCUT2D eigenvalue weighted by molar-refractivity contribution is 0.0951. The highest BCUT2D eigenvalue weighted by Gasteiger charge is 2.44. The normalized spacial score (nSPS) is 16.0. The van der Waals surface area contributed by atoms with Crippen LogP contribution in [0.25, 0.3) is 44.5 Å². The molecular formula is C40H41Cl2N9O2. The van der Waals surface area contributed by atoms with Crippen LogP contribution in [-0.4, -0.2) is 57.1 Å². The molecule has 1 amide bonds. The number of amides is 1. The summed E-state index contributed by atoms with van der Waals surface area (Å²) >= 11 is 14.0. The second-order valence-electron chi connectivity index (χ2n) is 14.1. The van der Waals surface area contributed by atoms with E-state index < -0.39 is 5.50 Å². The quantitative estimate of drug-likeness (QED) is 0.0879. The van der Waals surface area contributed by atoms with Gasteiger partial charge in [0.1, 0.15) is 22.6 Å². The van der Waals surface area contributed by atoms with Crippen molar-refractivity contribution in [2.45, 2.75) is 59.0 Å². The first-order chi connectivity index (χ1) is 25.4. The van der Waals surface area contributed by atoms with Gasteiger partial charge in [-0.15, -0.1) is 5.10 Å². The molecule has 53 heavy (non-hydrogen) atoms. The molecule has 2 atom stereocenters. The fourth-order valence-electron chi connectivity index (χ4n) is 8.21. The Balaban J connectivity index is 1.31. The lowest BCUT2D eigenvalue weighted by Crippen LogP contribution is -2.48. The number of alkyl halides is 1. The second kappa shape index (κ2) is 13.1. The maximum absolute atomic E-state index is 15.5. The van der Waals surface area contributed by atoms with E-state index in [1.54, 1.807) is 16.6 Å². The molecule has 0 saturated heterocycles. The first-order valence-corrected chi connectivity index (χ1v) is 18.6. The molecular weight excluding hydrogens is 709 g/mol. The van der Waals surface area contributed by atoms with Crippen LogP contribution in [0, 0.1) is 27.7 Å². The molecule has 0 saturated carbocycles. The lowest BCUT2D eigenvalue weighted by Gasteiger charge is -2.38. The molecule has 8 rings (SSSR count). The molecule has 0 radical (unpaired) electrons. The van der Waals surface area contributed by atoms with Gasteiger partial charge in [0.2, 0.25) is 5.82 Å². The average Bonchev–Trinajstić information content (AvgIpc) is 3.85. The van der Waals surface area contributed by atoms with Gasteiger partial charge in [0, 0.05) is 53.8 Å². The molecule has 4 aromatic heterocycles. The number of tetrazole rings is 1. The highest BCUT2D eigenvalue weighted by molar-refractivity contribution is 6.32. The van der Waals surface area contributed by atoms with E-state index in [1.165, 1.54) is 0 Å². The standard InChI is InChI=1S/C40H41Cl2N9O2/c1-21-19-26(20-22(2)33(21)41)53-18-12-16-28-27-14-11-15-30(32-23(3)44-48(7)24(32)4)34(27)50-25(5)38(42)51(40(52)36(28)50)35-29-13-9-10-17-31(29)47(6)37(35)39-43-45-46-49(39)8/h9-11,13-15,17,19-20,25,38H,12,16,18H2,1-8H3/t25?,38-/m0/s1. The zero-order valence-corrected chi connectivity index (χ0v) is 32.6. The first-order valence-electron chi connectivity index (χ1n) is 17.7. The highest BCUT2D eigenvalue weighted by Crippen LogP contribution is 2.48. The number of carbonyl (C=O) groups excluding carboxylic acids is 1. The molecule has 1 unspecified atom stereocenters. The molecule has 7 aromatic rings. The largest absolute Gasteiger partial charge is 0.494 e. The molecule has 3 aromatic carbocycles. The number of aromatic nitrogens is 8. The van der Waals surface area contributed by atoms with E-state index in [2.05, 4.69) is 52.1 Å². The number of carbonyl (C=O) groups is 1. The van der Waals surface area contributed by atoms with Crippen molar-refractivity contribution in [2.75, 3.05) is 11.5 Å². The van der Waals surface area contributed by atoms with E-state index in [9.17, 15) is 0 Å². The van der Waals surface area contributed by atoms with Crippen molar-refractivity contribution in [1.29, 1.82) is 0 Å². The predicted octanol–water partition coefficient (Wildman–Crippen LogP) is 8.41. The topological polar surface area (TPSA) is 101 Å². The van der Waals surface area contributed by atoms with Gasteiger partial charge in [0.05, 0.1) is 35.1 Å². The first kappa shape index (κ1) is 34.9. The van der Waals surface area contributed by atoms with Crippen molar-refractivity contribution in [1.82, 2.24) is 39.1 Å². The van der Waals surface area contributed by atoms with Gasteiger partial charge in [-0.05, 0) is 92.8 Å². The second-order valence-corrected chi connectivity index (χ2v) is 14.9. The van der Waals surface area contributed by atoms with Crippen LogP contribution < -0.4 is 9.64 Å². The zero-order chi connectivity index (χ0) is 37.5. The Morgan fingerprint density at radius 3 is 2.30 bits per heavy atom. The van der Waals surface area contributed by atoms with Crippen LogP contribution in [0.5, 0.6) is 5.75 Å². The monoisotopic (exact) mass is 749 g/mol. The van der Waals surface area contributed by atoms with Crippen LogP contribution in [-0.2, 0) is 27.6 Å². The summed E-state index contributed by atoms with van der Waals surface area (Å²) in [7, 11) is 5.72. The SMILES string of the molecule is Cc1cc(OCCCc2c3n(c4c(-c5c(C)nn(C)c5C)cccc24)C(C)[C@@H](Cl)N(c2c(-c4nnnn4C)n(C)c4ccccc24)C3=O)cc(C)c1Cl. The number of fused-ring (bicyclic) bond motifs is 4. The minimum absolute atomic E-state index is 0.183. The third kappa shape index (κ3) is 5.35. The smallest absolute Gasteiger partial charge is 0.276 e. The highest BCUT2D eigenvalue weighted by atomic mass is 35.5. The fraction of sp³-hybridized carbons (Fsp3) is 0.325. The molecule has 5 heterocycles. The third-order valence-electron chi connectivity index (χ3n) is 10.8. The van der Waals surface area contributed by atoms with E-state index in [0.29, 0.717) is 42.3 Å². The van der Waals surface area contributed by atoms with Crippen molar-refractivity contribution in [2.24, 2.45) is 21.1 Å². The predicted molar refractivity (Wildman–Crippen MR) is 210 cm³/mol. The Hall–Kier alpha value is -5.13. The average molecular weight is 751 g/mol. The number of benzene rings is 3. The van der Waals surface area contributed by atoms with Gasteiger partial charge < -0.3 is 13.9 Å². The van der Waals surface area contributed by atoms with E-state index >= 15 is 4.79 Å². The number of rotatable bonds is 8. The van der Waals surface area contributed by atoms with E-state index in [-0.39, 0.29) is 11.9 Å². The number of hydrogen-bond donors (Lipinski definition) is 0. The van der Waals surface area contributed by atoms with Crippen molar-refractivity contribution in [3.8, 4) is 28.4 Å². The van der Waals surface area contributed by atoms with Crippen molar-refractivity contribution >= 4 is 56.6 Å². The van der Waals surface area contributed by atoms with E-state index in [4.69, 9.17) is 33.0 Å². The van der Waals surface area contributed by atoms with Crippen LogP contribution in [0.4, 0.5) is 5.69 Å². The summed E-state index contributed by atoms with van der Waals surface area (Å²) in [5, 5.41) is 19.9. The number of anilines is 1. The van der Waals surface area contributed by atoms with Crippen LogP contribution >= 0.6 is 23.2 Å². The zero-order valence-electron chi connectivity index (χ0n) is 31.1. The molecule has 13 heteroatoms. The summed E-state index contributed by atoms with van der Waals surface area (Å²) in [5.41, 5.74) is 10.1. The molecule has 0 aliphatic carbocycles. The Labute approximate surface area is 317 Å². The Bertz CT molecular complexity index is 2570. The molecule has 1 aliphatic heterocycles. The van der Waals surface area contributed by atoms with Gasteiger partial charge >= 0.3 is 0 Å². The Kier molecular flexibility index (Phi) is 8.61. The molecule has 0 bridgehead atoms. The number of halogens is 2. The van der Waals surface area contributed by atoms with Crippen LogP contribution in [0.2, 0.25) is 5.02 Å². The number of hydrogen-bond acceptors (Lipinski definition) is 6. The van der Waals surface area contributed by atoms with Gasteiger partial charge in [-0.1, -0.05) is 59.6 Å². The van der Waals surface area contributed by atoms with Crippen molar-refractivity contribution in [3.05, 3.63) is 93.4 Å². The van der Waals surface area contributed by atoms with Gasteiger partial charge in [-0.3, -0.25) is 14.4 Å². The molecule has 11 nitrogen and oxygen atoms in total. The van der Waals surface area contributed by atoms with Crippen LogP contribution in [0.15, 0.2) is 54.6 Å². The van der Waals surface area contributed by atoms with Gasteiger partial charge in [0.25, 0.3) is 5.91 Å². The van der Waals surface area contributed by atoms with E-state index in [1.807, 2.05) is 80.5 Å². The van der Waals surface area contributed by atoms with Gasteiger partial charge in [-0.25, -0.2) is 4.68 Å². The lowest BCUT2D eigenvalue weighted by atomic mass is 9.98. The number of nitrogens with zero attached hydrogens (tertiary/aromatic N) is 9. The molecule has 0 N–H and O–H groups in total. The number of para-hydroxylation sites is 2. The Morgan fingerprint density at radius 1 is 0.906 bits per heavy atom. The summed E-state index contributed by atoms with van der Waals surface area (Å²) in [4.78, 5) is 17.2. The summed E-state index contributed by atoms with van der Waals surface area (Å²) in [5.74, 6) is 1.13. The number of ether oxygens (including phenoxy) is 1.